The number of amides is 1. The molecule has 1 aliphatic rings. The molecule has 0 bridgehead atoms. The SMILES string of the molecule is CC(OS(=O)O)[C@@H]1CCCN1C(=O)OC(C)(C)C. The molecule has 1 amide bonds. The number of nitrogens with zero attached hydrogens (tertiary/aromatic N) is 1. The van der Waals surface area contributed by atoms with Crippen LogP contribution in [0.2, 0.25) is 0 Å². The van der Waals surface area contributed by atoms with Crippen molar-refractivity contribution in [3.63, 3.8) is 0 Å². The standard InChI is InChI=1S/C11H21NO5S/c1-8(17-18(14)15)9-6-5-7-12(9)10(13)16-11(2,3)4/h8-9H,5-7H2,1-4H3,(H,14,15)/t8?,9-/m0/s1. The zero-order valence-electron chi connectivity index (χ0n) is 11.2. The molecule has 0 spiro atoms. The minimum atomic E-state index is -2.32. The first-order chi connectivity index (χ1) is 8.20. The van der Waals surface area contributed by atoms with Crippen molar-refractivity contribution in [3.05, 3.63) is 0 Å². The van der Waals surface area contributed by atoms with Gasteiger partial charge in [-0.25, -0.2) is 4.79 Å². The van der Waals surface area contributed by atoms with Crippen LogP contribution in [0.3, 0.4) is 0 Å². The molecule has 6 nitrogen and oxygen atoms in total. The number of rotatable bonds is 3. The predicted molar refractivity (Wildman–Crippen MR) is 67.3 cm³/mol. The van der Waals surface area contributed by atoms with Crippen molar-refractivity contribution in [1.82, 2.24) is 4.90 Å². The lowest BCUT2D eigenvalue weighted by molar-refractivity contribution is 0.0115. The normalized spacial score (nSPS) is 23.8. The number of hydrogen-bond donors (Lipinski definition) is 1. The van der Waals surface area contributed by atoms with Crippen LogP contribution in [-0.2, 0) is 20.3 Å². The monoisotopic (exact) mass is 279 g/mol. The number of ether oxygens (including phenoxy) is 1. The minimum Gasteiger partial charge on any atom is -0.444 e. The first-order valence-corrected chi connectivity index (χ1v) is 7.01. The highest BCUT2D eigenvalue weighted by Gasteiger charge is 2.36. The molecule has 0 aromatic heterocycles. The van der Waals surface area contributed by atoms with Crippen molar-refractivity contribution < 1.29 is 22.5 Å². The predicted octanol–water partition coefficient (Wildman–Crippen LogP) is 1.93. The molecule has 0 radical (unpaired) electrons. The molecule has 0 aromatic carbocycles. The first-order valence-electron chi connectivity index (χ1n) is 5.98. The molecule has 1 aliphatic heterocycles. The Bertz CT molecular complexity index is 328. The molecule has 1 N–H and O–H groups in total. The van der Waals surface area contributed by atoms with Gasteiger partial charge in [0, 0.05) is 6.54 Å². The molecule has 2 unspecified atom stereocenters. The van der Waals surface area contributed by atoms with Crippen LogP contribution >= 0.6 is 0 Å². The van der Waals surface area contributed by atoms with Gasteiger partial charge in [-0.2, -0.15) is 4.21 Å². The summed E-state index contributed by atoms with van der Waals surface area (Å²) in [5, 5.41) is 0. The minimum absolute atomic E-state index is 0.212. The molecule has 0 aliphatic carbocycles. The number of likely N-dealkylation sites (tertiary alicyclic amines) is 1. The average Bonchev–Trinajstić information content (AvgIpc) is 2.61. The highest BCUT2D eigenvalue weighted by atomic mass is 32.2. The van der Waals surface area contributed by atoms with Gasteiger partial charge in [0.05, 0.1) is 12.1 Å². The van der Waals surface area contributed by atoms with E-state index in [1.807, 2.05) is 0 Å². The summed E-state index contributed by atoms with van der Waals surface area (Å²) in [4.78, 5) is 13.5. The first kappa shape index (κ1) is 15.4. The summed E-state index contributed by atoms with van der Waals surface area (Å²) in [7, 11) is 0. The van der Waals surface area contributed by atoms with Crippen molar-refractivity contribution in [2.45, 2.75) is 58.3 Å². The Morgan fingerprint density at radius 3 is 2.61 bits per heavy atom. The molecule has 1 fully saturated rings. The average molecular weight is 279 g/mol. The summed E-state index contributed by atoms with van der Waals surface area (Å²) >= 11 is -2.32. The second-order valence-electron chi connectivity index (χ2n) is 5.40. The van der Waals surface area contributed by atoms with E-state index in [1.165, 1.54) is 0 Å². The van der Waals surface area contributed by atoms with E-state index in [0.717, 1.165) is 12.8 Å². The van der Waals surface area contributed by atoms with Gasteiger partial charge >= 0.3 is 17.5 Å². The quantitative estimate of drug-likeness (QED) is 0.799. The molecule has 1 saturated heterocycles. The van der Waals surface area contributed by atoms with E-state index in [-0.39, 0.29) is 6.04 Å². The molecule has 106 valence electrons. The van der Waals surface area contributed by atoms with E-state index in [1.54, 1.807) is 32.6 Å². The van der Waals surface area contributed by atoms with Gasteiger partial charge in [-0.05, 0) is 40.5 Å². The van der Waals surface area contributed by atoms with Gasteiger partial charge in [0.2, 0.25) is 0 Å². The van der Waals surface area contributed by atoms with Crippen LogP contribution in [0.5, 0.6) is 0 Å². The molecule has 0 saturated carbocycles. The van der Waals surface area contributed by atoms with Gasteiger partial charge in [0.25, 0.3) is 0 Å². The fraction of sp³-hybridized carbons (Fsp3) is 0.909. The highest BCUT2D eigenvalue weighted by Crippen LogP contribution is 2.24. The Kier molecular flexibility index (Phi) is 5.12. The smallest absolute Gasteiger partial charge is 0.410 e. The third-order valence-electron chi connectivity index (χ3n) is 2.70. The zero-order valence-corrected chi connectivity index (χ0v) is 12.0. The third kappa shape index (κ3) is 4.55. The fourth-order valence-corrected chi connectivity index (χ4v) is 2.41. The summed E-state index contributed by atoms with van der Waals surface area (Å²) in [5.74, 6) is 0. The Hall–Kier alpha value is -0.660. The summed E-state index contributed by atoms with van der Waals surface area (Å²) < 4.78 is 29.5. The van der Waals surface area contributed by atoms with E-state index in [9.17, 15) is 9.00 Å². The van der Waals surface area contributed by atoms with E-state index >= 15 is 0 Å². The van der Waals surface area contributed by atoms with E-state index in [4.69, 9.17) is 13.5 Å². The number of carbonyl (C=O) groups is 1. The van der Waals surface area contributed by atoms with Crippen LogP contribution < -0.4 is 0 Å². The summed E-state index contributed by atoms with van der Waals surface area (Å²) in [6, 6.07) is -0.212. The second-order valence-corrected chi connectivity index (χ2v) is 6.03. The van der Waals surface area contributed by atoms with Gasteiger partial charge in [0.15, 0.2) is 0 Å². The summed E-state index contributed by atoms with van der Waals surface area (Å²) in [5.41, 5.74) is -0.548. The van der Waals surface area contributed by atoms with E-state index < -0.39 is 29.2 Å². The Balaban J connectivity index is 2.64. The van der Waals surface area contributed by atoms with Crippen LogP contribution in [0.4, 0.5) is 4.79 Å². The van der Waals surface area contributed by atoms with E-state index in [2.05, 4.69) is 0 Å². The maximum Gasteiger partial charge on any atom is 0.410 e. The lowest BCUT2D eigenvalue weighted by Crippen LogP contribution is -2.45. The molecule has 18 heavy (non-hydrogen) atoms. The van der Waals surface area contributed by atoms with Crippen molar-refractivity contribution in [2.24, 2.45) is 0 Å². The Morgan fingerprint density at radius 1 is 1.50 bits per heavy atom. The number of carbonyl (C=O) groups excluding carboxylic acids is 1. The molecule has 0 aromatic rings. The van der Waals surface area contributed by atoms with Gasteiger partial charge < -0.3 is 9.64 Å². The molecule has 1 rings (SSSR count). The zero-order chi connectivity index (χ0) is 13.9. The molecular formula is C11H21NO5S. The summed E-state index contributed by atoms with van der Waals surface area (Å²) in [6.45, 7) is 7.68. The summed E-state index contributed by atoms with van der Waals surface area (Å²) in [6.07, 6.45) is 0.697. The van der Waals surface area contributed by atoms with Crippen molar-refractivity contribution in [2.75, 3.05) is 6.54 Å². The van der Waals surface area contributed by atoms with Crippen molar-refractivity contribution in [3.8, 4) is 0 Å². The number of hydrogen-bond acceptors (Lipinski definition) is 4. The largest absolute Gasteiger partial charge is 0.444 e. The van der Waals surface area contributed by atoms with Crippen molar-refractivity contribution in [1.29, 1.82) is 0 Å². The maximum absolute atomic E-state index is 12.0. The van der Waals surface area contributed by atoms with Gasteiger partial charge in [0.1, 0.15) is 5.60 Å². The van der Waals surface area contributed by atoms with Crippen LogP contribution in [0.1, 0.15) is 40.5 Å². The van der Waals surface area contributed by atoms with Crippen LogP contribution in [-0.4, -0.2) is 44.0 Å². The fourth-order valence-electron chi connectivity index (χ4n) is 2.02. The van der Waals surface area contributed by atoms with Crippen LogP contribution in [0, 0.1) is 0 Å². The van der Waals surface area contributed by atoms with Gasteiger partial charge in [-0.1, -0.05) is 0 Å². The lowest BCUT2D eigenvalue weighted by Gasteiger charge is -2.30. The third-order valence-corrected chi connectivity index (χ3v) is 3.17. The maximum atomic E-state index is 12.0. The molecular weight excluding hydrogens is 258 g/mol. The molecule has 3 atom stereocenters. The van der Waals surface area contributed by atoms with Crippen LogP contribution in [0.25, 0.3) is 0 Å². The molecule has 7 heteroatoms. The second kappa shape index (κ2) is 5.99. The van der Waals surface area contributed by atoms with Crippen LogP contribution in [0.15, 0.2) is 0 Å². The Labute approximate surface area is 110 Å². The topological polar surface area (TPSA) is 76.1 Å². The van der Waals surface area contributed by atoms with Crippen molar-refractivity contribution >= 4 is 17.5 Å². The molecule has 1 heterocycles. The lowest BCUT2D eigenvalue weighted by atomic mass is 10.1. The highest BCUT2D eigenvalue weighted by molar-refractivity contribution is 7.74. The van der Waals surface area contributed by atoms with Gasteiger partial charge in [-0.3, -0.25) is 8.74 Å². The van der Waals surface area contributed by atoms with E-state index in [0.29, 0.717) is 6.54 Å². The van der Waals surface area contributed by atoms with Gasteiger partial charge in [-0.15, -0.1) is 0 Å². The Morgan fingerprint density at radius 2 is 2.11 bits per heavy atom.